The van der Waals surface area contributed by atoms with Gasteiger partial charge in [-0.2, -0.15) is 0 Å². The van der Waals surface area contributed by atoms with E-state index in [0.717, 1.165) is 37.0 Å². The van der Waals surface area contributed by atoms with Gasteiger partial charge in [-0.1, -0.05) is 40.0 Å². The van der Waals surface area contributed by atoms with Gasteiger partial charge in [0.25, 0.3) is 5.91 Å². The molecule has 1 heterocycles. The first kappa shape index (κ1) is 24.0. The van der Waals surface area contributed by atoms with E-state index in [1.165, 1.54) is 0 Å². The summed E-state index contributed by atoms with van der Waals surface area (Å²) in [5, 5.41) is 0. The lowest BCUT2D eigenvalue weighted by Crippen LogP contribution is -2.52. The molecule has 7 heteroatoms. The molecule has 1 unspecified atom stereocenters. The van der Waals surface area contributed by atoms with Crippen molar-refractivity contribution < 1.29 is 23.9 Å². The minimum atomic E-state index is -0.773. The molecule has 0 aromatic heterocycles. The molecule has 1 aliphatic heterocycles. The topological polar surface area (TPSA) is 84.0 Å². The molecule has 0 radical (unpaired) electrons. The van der Waals surface area contributed by atoms with E-state index in [1.54, 1.807) is 36.1 Å². The third-order valence-electron chi connectivity index (χ3n) is 6.03. The Hall–Kier alpha value is -2.70. The van der Waals surface area contributed by atoms with Gasteiger partial charge in [0, 0.05) is 12.5 Å². The van der Waals surface area contributed by atoms with E-state index in [-0.39, 0.29) is 42.2 Å². The van der Waals surface area contributed by atoms with E-state index in [9.17, 15) is 19.2 Å². The lowest BCUT2D eigenvalue weighted by atomic mass is 9.88. The standard InChI is InChI=1S/C25H34N2O5/c1-5-32-24(31)17-11-13-19(14-12-17)27-21(28)15-20(23(27)30)26(18-9-7-6-8-10-18)22(29)16-25(2,3)4/h11-14,18,20H,5-10,15-16H2,1-4H3. The summed E-state index contributed by atoms with van der Waals surface area (Å²) in [6.07, 6.45) is 5.23. The number of nitrogens with zero attached hydrogens (tertiary/aromatic N) is 2. The third-order valence-corrected chi connectivity index (χ3v) is 6.03. The highest BCUT2D eigenvalue weighted by Crippen LogP contribution is 2.33. The molecule has 1 saturated heterocycles. The molecule has 1 aromatic carbocycles. The average Bonchev–Trinajstić information content (AvgIpc) is 3.01. The second kappa shape index (κ2) is 9.84. The van der Waals surface area contributed by atoms with Crippen LogP contribution in [-0.4, -0.2) is 47.3 Å². The fourth-order valence-corrected chi connectivity index (χ4v) is 4.60. The zero-order valence-electron chi connectivity index (χ0n) is 19.6. The summed E-state index contributed by atoms with van der Waals surface area (Å²) < 4.78 is 4.99. The maximum Gasteiger partial charge on any atom is 0.338 e. The summed E-state index contributed by atoms with van der Waals surface area (Å²) in [5.74, 6) is -1.21. The molecule has 1 aliphatic carbocycles. The normalized spacial score (nSPS) is 19.9. The predicted molar refractivity (Wildman–Crippen MR) is 121 cm³/mol. The van der Waals surface area contributed by atoms with Crippen LogP contribution in [0.4, 0.5) is 5.69 Å². The van der Waals surface area contributed by atoms with Gasteiger partial charge >= 0.3 is 5.97 Å². The zero-order chi connectivity index (χ0) is 23.5. The number of benzene rings is 1. The minimum absolute atomic E-state index is 0.00788. The Bertz CT molecular complexity index is 865. The number of rotatable bonds is 6. The van der Waals surface area contributed by atoms with Gasteiger partial charge in [0.1, 0.15) is 6.04 Å². The van der Waals surface area contributed by atoms with Crippen LogP contribution in [-0.2, 0) is 19.1 Å². The Labute approximate surface area is 190 Å². The molecule has 2 aliphatic rings. The first-order valence-corrected chi connectivity index (χ1v) is 11.6. The fourth-order valence-electron chi connectivity index (χ4n) is 4.60. The van der Waals surface area contributed by atoms with Crippen molar-refractivity contribution in [2.24, 2.45) is 5.41 Å². The summed E-state index contributed by atoms with van der Waals surface area (Å²) in [7, 11) is 0. The van der Waals surface area contributed by atoms with Crippen molar-refractivity contribution in [2.45, 2.75) is 84.7 Å². The first-order valence-electron chi connectivity index (χ1n) is 11.6. The van der Waals surface area contributed by atoms with Crippen LogP contribution in [0, 0.1) is 5.41 Å². The lowest BCUT2D eigenvalue weighted by molar-refractivity contribution is -0.143. The van der Waals surface area contributed by atoms with Crippen LogP contribution >= 0.6 is 0 Å². The number of amides is 3. The van der Waals surface area contributed by atoms with Gasteiger partial charge in [-0.15, -0.1) is 0 Å². The maximum atomic E-state index is 13.4. The van der Waals surface area contributed by atoms with E-state index >= 15 is 0 Å². The van der Waals surface area contributed by atoms with Gasteiger partial charge in [0.05, 0.1) is 24.3 Å². The first-order chi connectivity index (χ1) is 15.1. The Morgan fingerprint density at radius 3 is 2.25 bits per heavy atom. The van der Waals surface area contributed by atoms with E-state index in [4.69, 9.17) is 4.74 Å². The molecular weight excluding hydrogens is 408 g/mol. The number of esters is 1. The van der Waals surface area contributed by atoms with Crippen LogP contribution in [0.2, 0.25) is 0 Å². The van der Waals surface area contributed by atoms with E-state index in [1.807, 2.05) is 20.8 Å². The van der Waals surface area contributed by atoms with Crippen molar-refractivity contribution in [3.8, 4) is 0 Å². The van der Waals surface area contributed by atoms with Crippen molar-refractivity contribution in [3.63, 3.8) is 0 Å². The number of hydrogen-bond donors (Lipinski definition) is 0. The van der Waals surface area contributed by atoms with Gasteiger partial charge in [0.15, 0.2) is 0 Å². The zero-order valence-corrected chi connectivity index (χ0v) is 19.6. The number of anilines is 1. The molecule has 0 bridgehead atoms. The Morgan fingerprint density at radius 2 is 1.69 bits per heavy atom. The summed E-state index contributed by atoms with van der Waals surface area (Å²) in [6, 6.07) is 5.46. The van der Waals surface area contributed by atoms with Crippen LogP contribution < -0.4 is 4.90 Å². The minimum Gasteiger partial charge on any atom is -0.462 e. The molecule has 2 fully saturated rings. The summed E-state index contributed by atoms with van der Waals surface area (Å²) in [5.41, 5.74) is 0.552. The lowest BCUT2D eigenvalue weighted by Gasteiger charge is -2.38. The molecule has 32 heavy (non-hydrogen) atoms. The molecule has 7 nitrogen and oxygen atoms in total. The third kappa shape index (κ3) is 5.37. The van der Waals surface area contributed by atoms with Crippen LogP contribution in [0.1, 0.15) is 83.0 Å². The molecular formula is C25H34N2O5. The second-order valence-corrected chi connectivity index (χ2v) is 9.88. The largest absolute Gasteiger partial charge is 0.462 e. The number of carbonyl (C=O) groups is 4. The van der Waals surface area contributed by atoms with Crippen molar-refractivity contribution in [1.29, 1.82) is 0 Å². The van der Waals surface area contributed by atoms with Crippen molar-refractivity contribution >= 4 is 29.4 Å². The fraction of sp³-hybridized carbons (Fsp3) is 0.600. The average molecular weight is 443 g/mol. The molecule has 174 valence electrons. The highest BCUT2D eigenvalue weighted by atomic mass is 16.5. The van der Waals surface area contributed by atoms with Gasteiger partial charge in [0.2, 0.25) is 11.8 Å². The molecule has 1 atom stereocenters. The van der Waals surface area contributed by atoms with Crippen LogP contribution in [0.25, 0.3) is 0 Å². The number of carbonyl (C=O) groups excluding carboxylic acids is 4. The highest BCUT2D eigenvalue weighted by molar-refractivity contribution is 6.23. The predicted octanol–water partition coefficient (Wildman–Crippen LogP) is 4.09. The van der Waals surface area contributed by atoms with E-state index in [2.05, 4.69) is 0 Å². The quantitative estimate of drug-likeness (QED) is 0.489. The monoisotopic (exact) mass is 442 g/mol. The number of imide groups is 1. The van der Waals surface area contributed by atoms with Gasteiger partial charge in [-0.05, 0) is 49.4 Å². The van der Waals surface area contributed by atoms with Crippen LogP contribution in [0.15, 0.2) is 24.3 Å². The summed E-state index contributed by atoms with van der Waals surface area (Å²) in [6.45, 7) is 8.01. The van der Waals surface area contributed by atoms with Crippen LogP contribution in [0.5, 0.6) is 0 Å². The second-order valence-electron chi connectivity index (χ2n) is 9.88. The van der Waals surface area contributed by atoms with Gasteiger partial charge < -0.3 is 9.64 Å². The van der Waals surface area contributed by atoms with E-state index < -0.39 is 12.0 Å². The number of hydrogen-bond acceptors (Lipinski definition) is 5. The molecule has 3 amide bonds. The molecule has 3 rings (SSSR count). The highest BCUT2D eigenvalue weighted by Gasteiger charge is 2.46. The van der Waals surface area contributed by atoms with Gasteiger partial charge in [-0.25, -0.2) is 9.69 Å². The maximum absolute atomic E-state index is 13.4. The van der Waals surface area contributed by atoms with Crippen molar-refractivity contribution in [3.05, 3.63) is 29.8 Å². The Balaban J connectivity index is 1.85. The molecule has 1 saturated carbocycles. The molecule has 0 N–H and O–H groups in total. The van der Waals surface area contributed by atoms with Crippen molar-refractivity contribution in [1.82, 2.24) is 4.90 Å². The summed E-state index contributed by atoms with van der Waals surface area (Å²) in [4.78, 5) is 54.4. The molecule has 0 spiro atoms. The van der Waals surface area contributed by atoms with Gasteiger partial charge in [-0.3, -0.25) is 14.4 Å². The Morgan fingerprint density at radius 1 is 1.06 bits per heavy atom. The van der Waals surface area contributed by atoms with Crippen molar-refractivity contribution in [2.75, 3.05) is 11.5 Å². The number of ether oxygens (including phenoxy) is 1. The van der Waals surface area contributed by atoms with E-state index in [0.29, 0.717) is 17.7 Å². The van der Waals surface area contributed by atoms with Crippen LogP contribution in [0.3, 0.4) is 0 Å². The molecule has 1 aromatic rings. The SMILES string of the molecule is CCOC(=O)c1ccc(N2C(=O)CC(N(C(=O)CC(C)(C)C)C3CCCCC3)C2=O)cc1. The Kier molecular flexibility index (Phi) is 7.36. The smallest absolute Gasteiger partial charge is 0.338 e. The summed E-state index contributed by atoms with van der Waals surface area (Å²) >= 11 is 0.